The summed E-state index contributed by atoms with van der Waals surface area (Å²) < 4.78 is 37.4. The lowest BCUT2D eigenvalue weighted by Crippen LogP contribution is -2.32. The van der Waals surface area contributed by atoms with E-state index >= 15 is 0 Å². The molecule has 1 heterocycles. The van der Waals surface area contributed by atoms with Gasteiger partial charge in [0.2, 0.25) is 5.91 Å². The van der Waals surface area contributed by atoms with Gasteiger partial charge in [-0.25, -0.2) is 0 Å². The lowest BCUT2D eigenvalue weighted by molar-refractivity contribution is -0.155. The van der Waals surface area contributed by atoms with Gasteiger partial charge in [-0.15, -0.1) is 0 Å². The molecule has 41 heavy (non-hydrogen) atoms. The Labute approximate surface area is 244 Å². The summed E-state index contributed by atoms with van der Waals surface area (Å²) in [6.07, 6.45) is 1.27. The fraction of sp³-hybridized carbons (Fsp3) is 0.862. The number of rotatable bonds is 22. The molecule has 6 atom stereocenters. The van der Waals surface area contributed by atoms with Crippen molar-refractivity contribution >= 4 is 23.8 Å². The summed E-state index contributed by atoms with van der Waals surface area (Å²) in [5, 5.41) is 2.69. The highest BCUT2D eigenvalue weighted by atomic mass is 16.6. The van der Waals surface area contributed by atoms with Crippen molar-refractivity contribution in [3.05, 3.63) is 0 Å². The lowest BCUT2D eigenvalue weighted by atomic mass is 9.94. The van der Waals surface area contributed by atoms with Gasteiger partial charge in [0.05, 0.1) is 63.5 Å². The number of amides is 1. The minimum Gasteiger partial charge on any atom is -0.463 e. The third kappa shape index (κ3) is 15.0. The summed E-state index contributed by atoms with van der Waals surface area (Å²) in [6.45, 7) is 11.6. The monoisotopic (exact) mass is 589 g/mol. The van der Waals surface area contributed by atoms with Crippen LogP contribution in [-0.4, -0.2) is 102 Å². The molecule has 1 fully saturated rings. The SMILES string of the molecule is CCC(CC(C)C(=O)OCCOCCNC(=O)CCC(=O)OC1C(CC)OC(C)C1C)C(=O)OCCOCCOC. The molecular formula is C29H51NO11. The Kier molecular flexibility index (Phi) is 19.2. The summed E-state index contributed by atoms with van der Waals surface area (Å²) in [5.74, 6) is -2.23. The molecule has 1 saturated heterocycles. The van der Waals surface area contributed by atoms with Crippen molar-refractivity contribution in [2.45, 2.75) is 85.0 Å². The zero-order valence-electron chi connectivity index (χ0n) is 25.6. The first-order valence-electron chi connectivity index (χ1n) is 14.7. The number of nitrogens with one attached hydrogen (secondary N) is 1. The van der Waals surface area contributed by atoms with Crippen molar-refractivity contribution in [2.75, 3.05) is 59.9 Å². The van der Waals surface area contributed by atoms with E-state index in [1.165, 1.54) is 0 Å². The van der Waals surface area contributed by atoms with Gasteiger partial charge in [-0.05, 0) is 26.2 Å². The number of hydrogen-bond acceptors (Lipinski definition) is 11. The van der Waals surface area contributed by atoms with Gasteiger partial charge in [-0.1, -0.05) is 27.7 Å². The maximum atomic E-state index is 12.3. The van der Waals surface area contributed by atoms with E-state index in [4.69, 9.17) is 33.2 Å². The molecular weight excluding hydrogens is 538 g/mol. The molecule has 6 unspecified atom stereocenters. The van der Waals surface area contributed by atoms with Crippen molar-refractivity contribution in [3.63, 3.8) is 0 Å². The molecule has 0 aromatic carbocycles. The van der Waals surface area contributed by atoms with E-state index in [0.717, 1.165) is 6.42 Å². The van der Waals surface area contributed by atoms with Gasteiger partial charge in [0, 0.05) is 26.0 Å². The molecule has 0 bridgehead atoms. The van der Waals surface area contributed by atoms with Crippen molar-refractivity contribution in [3.8, 4) is 0 Å². The van der Waals surface area contributed by atoms with E-state index in [2.05, 4.69) is 5.32 Å². The standard InChI is InChI=1S/C29H51NO11/c1-7-23(29(34)39-18-16-37-14-13-35-6)19-20(3)28(33)38-17-15-36-12-11-30-25(31)9-10-26(32)41-27-21(4)22(5)40-24(27)8-2/h20-24,27H,7-19H2,1-6H3,(H,30,31). The molecule has 0 saturated carbocycles. The summed E-state index contributed by atoms with van der Waals surface area (Å²) in [6, 6.07) is 0. The van der Waals surface area contributed by atoms with E-state index in [9.17, 15) is 19.2 Å². The van der Waals surface area contributed by atoms with Gasteiger partial charge in [0.1, 0.15) is 19.3 Å². The van der Waals surface area contributed by atoms with Crippen LogP contribution in [-0.2, 0) is 52.3 Å². The molecule has 1 aliphatic rings. The van der Waals surface area contributed by atoms with Gasteiger partial charge in [-0.2, -0.15) is 0 Å². The average Bonchev–Trinajstić information content (AvgIpc) is 3.23. The molecule has 0 aliphatic carbocycles. The van der Waals surface area contributed by atoms with E-state index in [0.29, 0.717) is 26.1 Å². The second kappa shape index (κ2) is 21.4. The number of methoxy groups -OCH3 is 1. The van der Waals surface area contributed by atoms with Crippen LogP contribution in [0.3, 0.4) is 0 Å². The van der Waals surface area contributed by atoms with Crippen LogP contribution in [0, 0.1) is 17.8 Å². The van der Waals surface area contributed by atoms with Crippen LogP contribution in [0.15, 0.2) is 0 Å². The minimum absolute atomic E-state index is 0.00519. The third-order valence-corrected chi connectivity index (χ3v) is 7.05. The first-order valence-corrected chi connectivity index (χ1v) is 14.7. The maximum Gasteiger partial charge on any atom is 0.309 e. The molecule has 0 aromatic heterocycles. The smallest absolute Gasteiger partial charge is 0.309 e. The maximum absolute atomic E-state index is 12.3. The Morgan fingerprint density at radius 3 is 2.12 bits per heavy atom. The summed E-state index contributed by atoms with van der Waals surface area (Å²) in [4.78, 5) is 48.8. The molecule has 238 valence electrons. The van der Waals surface area contributed by atoms with Crippen molar-refractivity contribution < 1.29 is 52.3 Å². The molecule has 1 amide bonds. The van der Waals surface area contributed by atoms with E-state index in [-0.39, 0.29) is 88.5 Å². The Bertz CT molecular complexity index is 778. The number of carbonyl (C=O) groups excluding carboxylic acids is 4. The molecule has 12 nitrogen and oxygen atoms in total. The molecule has 0 spiro atoms. The molecule has 0 radical (unpaired) electrons. The van der Waals surface area contributed by atoms with Crippen LogP contribution in [0.4, 0.5) is 0 Å². The zero-order valence-corrected chi connectivity index (χ0v) is 25.6. The van der Waals surface area contributed by atoms with Crippen LogP contribution in [0.2, 0.25) is 0 Å². The van der Waals surface area contributed by atoms with Crippen LogP contribution < -0.4 is 5.32 Å². The second-order valence-electron chi connectivity index (χ2n) is 10.2. The van der Waals surface area contributed by atoms with Crippen molar-refractivity contribution in [1.29, 1.82) is 0 Å². The normalized spacial score (nSPS) is 21.6. The minimum atomic E-state index is -0.475. The second-order valence-corrected chi connectivity index (χ2v) is 10.2. The molecule has 1 rings (SSSR count). The van der Waals surface area contributed by atoms with Gasteiger partial charge < -0.3 is 38.5 Å². The number of esters is 3. The largest absolute Gasteiger partial charge is 0.463 e. The number of hydrogen-bond donors (Lipinski definition) is 1. The van der Waals surface area contributed by atoms with Gasteiger partial charge in [0.15, 0.2) is 0 Å². The fourth-order valence-corrected chi connectivity index (χ4v) is 4.33. The zero-order chi connectivity index (χ0) is 30.6. The Balaban J connectivity index is 2.12. The number of carbonyl (C=O) groups is 4. The summed E-state index contributed by atoms with van der Waals surface area (Å²) in [7, 11) is 1.58. The van der Waals surface area contributed by atoms with Crippen molar-refractivity contribution in [2.24, 2.45) is 17.8 Å². The molecule has 1 N–H and O–H groups in total. The van der Waals surface area contributed by atoms with Gasteiger partial charge in [0.25, 0.3) is 0 Å². The first-order chi connectivity index (χ1) is 19.6. The van der Waals surface area contributed by atoms with E-state index < -0.39 is 23.8 Å². The van der Waals surface area contributed by atoms with Crippen LogP contribution in [0.5, 0.6) is 0 Å². The molecule has 1 aliphatic heterocycles. The topological polar surface area (TPSA) is 145 Å². The Morgan fingerprint density at radius 1 is 0.854 bits per heavy atom. The summed E-state index contributed by atoms with van der Waals surface area (Å²) in [5.41, 5.74) is 0. The lowest BCUT2D eigenvalue weighted by Gasteiger charge is -2.20. The van der Waals surface area contributed by atoms with Crippen LogP contribution in [0.25, 0.3) is 0 Å². The van der Waals surface area contributed by atoms with Gasteiger partial charge in [-0.3, -0.25) is 19.2 Å². The molecule has 0 aromatic rings. The highest BCUT2D eigenvalue weighted by Crippen LogP contribution is 2.31. The highest BCUT2D eigenvalue weighted by Gasteiger charge is 2.41. The molecule has 12 heteroatoms. The average molecular weight is 590 g/mol. The summed E-state index contributed by atoms with van der Waals surface area (Å²) >= 11 is 0. The van der Waals surface area contributed by atoms with E-state index in [1.807, 2.05) is 27.7 Å². The fourth-order valence-electron chi connectivity index (χ4n) is 4.33. The quantitative estimate of drug-likeness (QED) is 0.113. The van der Waals surface area contributed by atoms with E-state index in [1.54, 1.807) is 14.0 Å². The highest BCUT2D eigenvalue weighted by molar-refractivity contribution is 5.81. The van der Waals surface area contributed by atoms with Gasteiger partial charge >= 0.3 is 17.9 Å². The predicted molar refractivity (Wildman–Crippen MR) is 149 cm³/mol. The van der Waals surface area contributed by atoms with Crippen molar-refractivity contribution in [1.82, 2.24) is 5.32 Å². The Morgan fingerprint density at radius 2 is 1.49 bits per heavy atom. The Hall–Kier alpha value is -2.28. The third-order valence-electron chi connectivity index (χ3n) is 7.05. The first kappa shape index (κ1) is 36.7. The van der Waals surface area contributed by atoms with Crippen LogP contribution >= 0.6 is 0 Å². The van der Waals surface area contributed by atoms with Crippen LogP contribution in [0.1, 0.15) is 66.7 Å². The number of ether oxygens (including phenoxy) is 7. The predicted octanol–water partition coefficient (Wildman–Crippen LogP) is 2.45.